The van der Waals surface area contributed by atoms with E-state index in [0.29, 0.717) is 37.5 Å². The van der Waals surface area contributed by atoms with Crippen molar-refractivity contribution in [1.29, 1.82) is 0 Å². The molecule has 1 atom stereocenters. The Morgan fingerprint density at radius 3 is 2.67 bits per heavy atom. The second-order valence-corrected chi connectivity index (χ2v) is 5.90. The van der Waals surface area contributed by atoms with E-state index in [0.717, 1.165) is 11.5 Å². The van der Waals surface area contributed by atoms with Crippen molar-refractivity contribution >= 4 is 11.7 Å². The van der Waals surface area contributed by atoms with E-state index in [1.54, 1.807) is 36.3 Å². The monoisotopic (exact) mass is 330 g/mol. The maximum absolute atomic E-state index is 12.5. The number of methoxy groups -OCH3 is 1. The molecule has 0 spiro atoms. The predicted octanol–water partition coefficient (Wildman–Crippen LogP) is 1.11. The molecule has 7 nitrogen and oxygen atoms in total. The lowest BCUT2D eigenvalue weighted by molar-refractivity contribution is -0.140. The number of rotatable bonds is 4. The molecule has 1 fully saturated rings. The maximum Gasteiger partial charge on any atom is 0.256 e. The summed E-state index contributed by atoms with van der Waals surface area (Å²) < 4.78 is 5.14. The molecule has 1 aromatic carbocycles. The van der Waals surface area contributed by atoms with Gasteiger partial charge in [-0.3, -0.25) is 9.89 Å². The molecule has 1 saturated heterocycles. The lowest BCUT2D eigenvalue weighted by Crippen LogP contribution is -2.50. The average Bonchev–Trinajstić information content (AvgIpc) is 3.07. The van der Waals surface area contributed by atoms with Gasteiger partial charge in [0, 0.05) is 37.9 Å². The van der Waals surface area contributed by atoms with Crippen molar-refractivity contribution in [3.63, 3.8) is 0 Å². The highest BCUT2D eigenvalue weighted by Gasteiger charge is 2.28. The molecule has 0 saturated carbocycles. The molecule has 2 aromatic rings. The van der Waals surface area contributed by atoms with Crippen molar-refractivity contribution in [3.8, 4) is 5.75 Å². The fourth-order valence-corrected chi connectivity index (χ4v) is 2.85. The molecular formula is C17H22N4O3. The van der Waals surface area contributed by atoms with Crippen molar-refractivity contribution in [1.82, 2.24) is 15.1 Å². The minimum absolute atomic E-state index is 0.277. The van der Waals surface area contributed by atoms with Crippen LogP contribution < -0.4 is 9.64 Å². The van der Waals surface area contributed by atoms with Crippen LogP contribution in [-0.4, -0.2) is 59.4 Å². The van der Waals surface area contributed by atoms with Crippen molar-refractivity contribution < 1.29 is 14.6 Å². The number of benzene rings is 1. The molecule has 0 radical (unpaired) electrons. The third-order valence-corrected chi connectivity index (χ3v) is 4.25. The van der Waals surface area contributed by atoms with Crippen molar-refractivity contribution in [2.24, 2.45) is 0 Å². The van der Waals surface area contributed by atoms with Crippen LogP contribution in [0.15, 0.2) is 30.3 Å². The van der Waals surface area contributed by atoms with Crippen LogP contribution in [0.25, 0.3) is 0 Å². The van der Waals surface area contributed by atoms with E-state index in [1.165, 1.54) is 0 Å². The quantitative estimate of drug-likeness (QED) is 0.878. The third-order valence-electron chi connectivity index (χ3n) is 4.25. The summed E-state index contributed by atoms with van der Waals surface area (Å²) in [5.74, 6) is 1.24. The number of ether oxygens (including phenoxy) is 1. The average molecular weight is 330 g/mol. The van der Waals surface area contributed by atoms with Gasteiger partial charge in [-0.25, -0.2) is 0 Å². The lowest BCUT2D eigenvalue weighted by Gasteiger charge is -2.35. The number of H-pyrrole nitrogens is 1. The number of aromatic amines is 1. The van der Waals surface area contributed by atoms with E-state index in [4.69, 9.17) is 4.74 Å². The fraction of sp³-hybridized carbons (Fsp3) is 0.412. The summed E-state index contributed by atoms with van der Waals surface area (Å²) in [6, 6.07) is 8.95. The van der Waals surface area contributed by atoms with Gasteiger partial charge < -0.3 is 19.6 Å². The lowest BCUT2D eigenvalue weighted by atomic mass is 10.1. The molecule has 1 aromatic heterocycles. The minimum Gasteiger partial charge on any atom is -0.497 e. The number of aryl methyl sites for hydroxylation is 1. The summed E-state index contributed by atoms with van der Waals surface area (Å²) in [7, 11) is 1.56. The third kappa shape index (κ3) is 3.35. The molecule has 1 unspecified atom stereocenters. The van der Waals surface area contributed by atoms with Crippen LogP contribution in [0.5, 0.6) is 5.75 Å². The Bertz CT molecular complexity index is 707. The van der Waals surface area contributed by atoms with E-state index < -0.39 is 6.10 Å². The van der Waals surface area contributed by atoms with Crippen LogP contribution >= 0.6 is 0 Å². The SMILES string of the molecule is COc1cccc(C(O)C(=O)N2CCN(c3cc(C)[nH]n3)CC2)c1. The molecule has 3 rings (SSSR count). The van der Waals surface area contributed by atoms with E-state index in [9.17, 15) is 9.90 Å². The molecule has 1 amide bonds. The zero-order valence-corrected chi connectivity index (χ0v) is 13.9. The van der Waals surface area contributed by atoms with Crippen LogP contribution in [0.2, 0.25) is 0 Å². The normalized spacial score (nSPS) is 16.1. The molecule has 1 aliphatic heterocycles. The molecular weight excluding hydrogens is 308 g/mol. The maximum atomic E-state index is 12.5. The molecule has 2 N–H and O–H groups in total. The number of nitrogens with one attached hydrogen (secondary N) is 1. The van der Waals surface area contributed by atoms with Crippen molar-refractivity contribution in [3.05, 3.63) is 41.6 Å². The van der Waals surface area contributed by atoms with Crippen molar-refractivity contribution in [2.75, 3.05) is 38.2 Å². The largest absolute Gasteiger partial charge is 0.497 e. The molecule has 0 bridgehead atoms. The minimum atomic E-state index is -1.17. The smallest absolute Gasteiger partial charge is 0.256 e. The topological polar surface area (TPSA) is 81.7 Å². The molecule has 2 heterocycles. The molecule has 0 aliphatic carbocycles. The zero-order chi connectivity index (χ0) is 17.1. The van der Waals surface area contributed by atoms with Gasteiger partial charge in [-0.1, -0.05) is 12.1 Å². The van der Waals surface area contributed by atoms with Gasteiger partial charge in [-0.2, -0.15) is 5.10 Å². The first kappa shape index (κ1) is 16.3. The summed E-state index contributed by atoms with van der Waals surface area (Å²) in [5, 5.41) is 17.5. The van der Waals surface area contributed by atoms with Gasteiger partial charge in [0.2, 0.25) is 0 Å². The highest BCUT2D eigenvalue weighted by atomic mass is 16.5. The van der Waals surface area contributed by atoms with E-state index in [2.05, 4.69) is 15.1 Å². The second-order valence-electron chi connectivity index (χ2n) is 5.90. The molecule has 7 heteroatoms. The van der Waals surface area contributed by atoms with Gasteiger partial charge in [0.05, 0.1) is 7.11 Å². The molecule has 128 valence electrons. The number of aliphatic hydroxyl groups is 1. The first-order chi connectivity index (χ1) is 11.6. The number of piperazine rings is 1. The zero-order valence-electron chi connectivity index (χ0n) is 13.9. The number of aliphatic hydroxyl groups excluding tert-OH is 1. The second kappa shape index (κ2) is 6.92. The standard InChI is InChI=1S/C17H22N4O3/c1-12-10-15(19-18-12)20-6-8-21(9-7-20)17(23)16(22)13-4-3-5-14(11-13)24-2/h3-5,10-11,16,22H,6-9H2,1-2H3,(H,18,19). The van der Waals surface area contributed by atoms with Crippen LogP contribution in [0.3, 0.4) is 0 Å². The van der Waals surface area contributed by atoms with E-state index in [1.807, 2.05) is 13.0 Å². The highest BCUT2D eigenvalue weighted by molar-refractivity contribution is 5.82. The van der Waals surface area contributed by atoms with Gasteiger partial charge in [-0.15, -0.1) is 0 Å². The Balaban J connectivity index is 1.62. The Morgan fingerprint density at radius 2 is 2.04 bits per heavy atom. The van der Waals surface area contributed by atoms with Crippen LogP contribution in [0, 0.1) is 6.92 Å². The summed E-state index contributed by atoms with van der Waals surface area (Å²) in [6.45, 7) is 4.47. The van der Waals surface area contributed by atoms with Crippen LogP contribution in [0.1, 0.15) is 17.4 Å². The number of nitrogens with zero attached hydrogens (tertiary/aromatic N) is 3. The number of hydrogen-bond donors (Lipinski definition) is 2. The highest BCUT2D eigenvalue weighted by Crippen LogP contribution is 2.22. The Kier molecular flexibility index (Phi) is 4.71. The van der Waals surface area contributed by atoms with Gasteiger partial charge in [0.15, 0.2) is 11.9 Å². The van der Waals surface area contributed by atoms with Gasteiger partial charge in [0.1, 0.15) is 5.75 Å². The van der Waals surface area contributed by atoms with Gasteiger partial charge >= 0.3 is 0 Å². The molecule has 1 aliphatic rings. The van der Waals surface area contributed by atoms with Crippen LogP contribution in [-0.2, 0) is 4.79 Å². The predicted molar refractivity (Wildman–Crippen MR) is 90.1 cm³/mol. The number of amides is 1. The first-order valence-corrected chi connectivity index (χ1v) is 7.96. The Labute approximate surface area is 140 Å². The van der Waals surface area contributed by atoms with E-state index in [-0.39, 0.29) is 5.91 Å². The Hall–Kier alpha value is -2.54. The van der Waals surface area contributed by atoms with Crippen molar-refractivity contribution in [2.45, 2.75) is 13.0 Å². The number of carbonyl (C=O) groups is 1. The summed E-state index contributed by atoms with van der Waals surface area (Å²) in [6.07, 6.45) is -1.17. The summed E-state index contributed by atoms with van der Waals surface area (Å²) in [4.78, 5) is 16.4. The summed E-state index contributed by atoms with van der Waals surface area (Å²) >= 11 is 0. The fourth-order valence-electron chi connectivity index (χ4n) is 2.85. The van der Waals surface area contributed by atoms with Crippen LogP contribution in [0.4, 0.5) is 5.82 Å². The van der Waals surface area contributed by atoms with E-state index >= 15 is 0 Å². The first-order valence-electron chi connectivity index (χ1n) is 7.96. The Morgan fingerprint density at radius 1 is 1.29 bits per heavy atom. The van der Waals surface area contributed by atoms with Gasteiger partial charge in [0.25, 0.3) is 5.91 Å². The number of aromatic nitrogens is 2. The number of anilines is 1. The summed E-state index contributed by atoms with van der Waals surface area (Å²) in [5.41, 5.74) is 1.56. The number of carbonyl (C=O) groups excluding carboxylic acids is 1. The van der Waals surface area contributed by atoms with Gasteiger partial charge in [-0.05, 0) is 24.6 Å². The number of hydrogen-bond acceptors (Lipinski definition) is 5. The molecule has 24 heavy (non-hydrogen) atoms.